The highest BCUT2D eigenvalue weighted by atomic mass is 35.5. The molecule has 0 aromatic heterocycles. The summed E-state index contributed by atoms with van der Waals surface area (Å²) in [5.74, 6) is 1.32. The summed E-state index contributed by atoms with van der Waals surface area (Å²) >= 11 is 0. The molecule has 0 unspecified atom stereocenters. The van der Waals surface area contributed by atoms with Crippen molar-refractivity contribution < 1.29 is 0 Å². The summed E-state index contributed by atoms with van der Waals surface area (Å²) in [6.45, 7) is 4.84. The second kappa shape index (κ2) is 7.07. The van der Waals surface area contributed by atoms with Gasteiger partial charge in [-0.2, -0.15) is 0 Å². The Kier molecular flexibility index (Phi) is 5.08. The van der Waals surface area contributed by atoms with Crippen LogP contribution in [0.4, 0.5) is 0 Å². The Bertz CT molecular complexity index is 639. The maximum absolute atomic E-state index is 2.75. The highest BCUT2D eigenvalue weighted by Gasteiger charge is 2.41. The molecular formula is C21H26ClN. The number of fused-ring (bicyclic) bond motifs is 3. The number of hydrogen-bond acceptors (Lipinski definition) is 1. The van der Waals surface area contributed by atoms with Crippen LogP contribution in [-0.4, -0.2) is 24.0 Å². The van der Waals surface area contributed by atoms with Crippen LogP contribution in [0.3, 0.4) is 0 Å². The molecule has 0 saturated carbocycles. The van der Waals surface area contributed by atoms with Gasteiger partial charge in [0.2, 0.25) is 0 Å². The van der Waals surface area contributed by atoms with Crippen molar-refractivity contribution in [1.82, 2.24) is 4.90 Å². The third-order valence-electron chi connectivity index (χ3n) is 5.62. The molecule has 2 aromatic rings. The molecule has 122 valence electrons. The van der Waals surface area contributed by atoms with Crippen molar-refractivity contribution in [3.63, 3.8) is 0 Å². The van der Waals surface area contributed by atoms with E-state index in [0.29, 0.717) is 5.92 Å². The summed E-state index contributed by atoms with van der Waals surface area (Å²) in [4.78, 5) is 2.75. The first-order valence-electron chi connectivity index (χ1n) is 8.76. The Morgan fingerprint density at radius 3 is 2.39 bits per heavy atom. The molecule has 0 radical (unpaired) electrons. The third kappa shape index (κ3) is 2.93. The van der Waals surface area contributed by atoms with E-state index in [2.05, 4.69) is 66.4 Å². The highest BCUT2D eigenvalue weighted by molar-refractivity contribution is 5.85. The van der Waals surface area contributed by atoms with Crippen LogP contribution in [0.5, 0.6) is 0 Å². The first-order chi connectivity index (χ1) is 10.9. The lowest BCUT2D eigenvalue weighted by Gasteiger charge is -2.38. The summed E-state index contributed by atoms with van der Waals surface area (Å²) in [7, 11) is 0. The Hall–Kier alpha value is -1.31. The van der Waals surface area contributed by atoms with Gasteiger partial charge in [-0.15, -0.1) is 12.4 Å². The fourth-order valence-electron chi connectivity index (χ4n) is 4.69. The van der Waals surface area contributed by atoms with E-state index in [0.717, 1.165) is 12.0 Å². The number of halogens is 1. The van der Waals surface area contributed by atoms with Crippen LogP contribution in [0.1, 0.15) is 54.7 Å². The van der Waals surface area contributed by atoms with E-state index in [1.54, 1.807) is 11.1 Å². The lowest BCUT2D eigenvalue weighted by molar-refractivity contribution is 0.220. The predicted octanol–water partition coefficient (Wildman–Crippen LogP) is 5.21. The van der Waals surface area contributed by atoms with Crippen molar-refractivity contribution in [3.8, 4) is 0 Å². The van der Waals surface area contributed by atoms with Crippen LogP contribution in [0, 0.1) is 0 Å². The average molecular weight is 328 g/mol. The van der Waals surface area contributed by atoms with Gasteiger partial charge in [0.05, 0.1) is 0 Å². The minimum Gasteiger partial charge on any atom is -0.300 e. The summed E-state index contributed by atoms with van der Waals surface area (Å²) in [5, 5.41) is 0. The van der Waals surface area contributed by atoms with Crippen molar-refractivity contribution in [2.45, 2.75) is 44.1 Å². The van der Waals surface area contributed by atoms with Gasteiger partial charge in [0, 0.05) is 17.9 Å². The maximum atomic E-state index is 2.75. The normalized spacial score (nSPS) is 26.2. The number of likely N-dealkylation sites (tertiary alicyclic amines) is 1. The minimum atomic E-state index is 0. The summed E-state index contributed by atoms with van der Waals surface area (Å²) in [6, 6.07) is 21.0. The van der Waals surface area contributed by atoms with E-state index in [1.165, 1.54) is 37.9 Å². The molecule has 1 fully saturated rings. The van der Waals surface area contributed by atoms with Crippen LogP contribution in [0.2, 0.25) is 0 Å². The van der Waals surface area contributed by atoms with E-state index in [9.17, 15) is 0 Å². The molecule has 2 aliphatic rings. The fraction of sp³-hybridized carbons (Fsp3) is 0.429. The Morgan fingerprint density at radius 2 is 1.65 bits per heavy atom. The van der Waals surface area contributed by atoms with Gasteiger partial charge in [0.15, 0.2) is 0 Å². The van der Waals surface area contributed by atoms with E-state index >= 15 is 0 Å². The second-order valence-electron chi connectivity index (χ2n) is 6.83. The summed E-state index contributed by atoms with van der Waals surface area (Å²) < 4.78 is 0. The Morgan fingerprint density at radius 1 is 0.957 bits per heavy atom. The summed E-state index contributed by atoms with van der Waals surface area (Å²) in [6.07, 6.45) is 3.88. The maximum Gasteiger partial charge on any atom is 0.0174 e. The zero-order valence-electron chi connectivity index (χ0n) is 13.8. The Labute approximate surface area is 146 Å². The van der Waals surface area contributed by atoms with Gasteiger partial charge in [-0.25, -0.2) is 0 Å². The van der Waals surface area contributed by atoms with Gasteiger partial charge in [-0.05, 0) is 49.0 Å². The van der Waals surface area contributed by atoms with Gasteiger partial charge < -0.3 is 0 Å². The largest absolute Gasteiger partial charge is 0.300 e. The molecule has 23 heavy (non-hydrogen) atoms. The van der Waals surface area contributed by atoms with Crippen molar-refractivity contribution >= 4 is 12.4 Å². The molecule has 1 aliphatic carbocycles. The average Bonchev–Trinajstić information content (AvgIpc) is 2.98. The van der Waals surface area contributed by atoms with Crippen molar-refractivity contribution in [3.05, 3.63) is 71.3 Å². The molecule has 0 N–H and O–H groups in total. The van der Waals surface area contributed by atoms with Gasteiger partial charge in [-0.3, -0.25) is 4.90 Å². The van der Waals surface area contributed by atoms with Gasteiger partial charge in [0.1, 0.15) is 0 Å². The van der Waals surface area contributed by atoms with Crippen molar-refractivity contribution in [2.24, 2.45) is 0 Å². The van der Waals surface area contributed by atoms with Gasteiger partial charge in [0.25, 0.3) is 0 Å². The van der Waals surface area contributed by atoms with E-state index in [1.807, 2.05) is 0 Å². The van der Waals surface area contributed by atoms with Crippen LogP contribution < -0.4 is 0 Å². The number of nitrogens with zero attached hydrogens (tertiary/aromatic N) is 1. The molecule has 3 atom stereocenters. The SMILES string of the molecule is CCCN1CC[C@@H]2c3ccccc3[C@@H](c3ccccc3)C[C@H]21.Cl. The molecule has 0 spiro atoms. The molecule has 1 aliphatic heterocycles. The number of hydrogen-bond donors (Lipinski definition) is 0. The first-order valence-corrected chi connectivity index (χ1v) is 8.76. The van der Waals surface area contributed by atoms with Crippen molar-refractivity contribution in [2.75, 3.05) is 13.1 Å². The molecule has 2 heteroatoms. The minimum absolute atomic E-state index is 0. The fourth-order valence-corrected chi connectivity index (χ4v) is 4.69. The van der Waals surface area contributed by atoms with E-state index in [-0.39, 0.29) is 12.4 Å². The monoisotopic (exact) mass is 327 g/mol. The topological polar surface area (TPSA) is 3.24 Å². The van der Waals surface area contributed by atoms with Crippen LogP contribution in [0.15, 0.2) is 54.6 Å². The van der Waals surface area contributed by atoms with Crippen molar-refractivity contribution in [1.29, 1.82) is 0 Å². The van der Waals surface area contributed by atoms with Crippen LogP contribution in [0.25, 0.3) is 0 Å². The lowest BCUT2D eigenvalue weighted by atomic mass is 9.71. The Balaban J connectivity index is 0.00000156. The molecule has 4 rings (SSSR count). The first kappa shape index (κ1) is 16.5. The van der Waals surface area contributed by atoms with Crippen LogP contribution in [-0.2, 0) is 0 Å². The zero-order valence-corrected chi connectivity index (χ0v) is 14.6. The lowest BCUT2D eigenvalue weighted by Crippen LogP contribution is -2.37. The molecule has 1 nitrogen and oxygen atoms in total. The zero-order chi connectivity index (χ0) is 14.9. The number of benzene rings is 2. The highest BCUT2D eigenvalue weighted by Crippen LogP contribution is 2.48. The van der Waals surface area contributed by atoms with E-state index in [4.69, 9.17) is 0 Å². The summed E-state index contributed by atoms with van der Waals surface area (Å²) in [5.41, 5.74) is 4.68. The second-order valence-corrected chi connectivity index (χ2v) is 6.83. The van der Waals surface area contributed by atoms with Gasteiger partial charge >= 0.3 is 0 Å². The van der Waals surface area contributed by atoms with E-state index < -0.39 is 0 Å². The quantitative estimate of drug-likeness (QED) is 0.747. The molecule has 1 saturated heterocycles. The standard InChI is InChI=1S/C21H25N.ClH/c1-2-13-22-14-12-19-17-10-6-7-11-18(17)20(15-21(19)22)16-8-4-3-5-9-16;/h3-11,19-21H,2,12-15H2,1H3;1H/t19-,20-,21-;/m1./s1. The predicted molar refractivity (Wildman–Crippen MR) is 99.6 cm³/mol. The van der Waals surface area contributed by atoms with Crippen LogP contribution >= 0.6 is 12.4 Å². The van der Waals surface area contributed by atoms with Gasteiger partial charge in [-0.1, -0.05) is 61.5 Å². The molecular weight excluding hydrogens is 302 g/mol. The molecule has 0 amide bonds. The molecule has 0 bridgehead atoms. The number of rotatable bonds is 3. The third-order valence-corrected chi connectivity index (χ3v) is 5.62. The molecule has 1 heterocycles. The molecule has 2 aromatic carbocycles. The smallest absolute Gasteiger partial charge is 0.0174 e.